The SMILES string of the molecule is FC(F)(F)c1cc(Br)ccc1-c1nnc(Br)s1. The van der Waals surface area contributed by atoms with Gasteiger partial charge in [-0.05, 0) is 28.1 Å². The Morgan fingerprint density at radius 2 is 1.82 bits per heavy atom. The van der Waals surface area contributed by atoms with E-state index in [0.717, 1.165) is 17.4 Å². The summed E-state index contributed by atoms with van der Waals surface area (Å²) in [4.78, 5) is 0. The van der Waals surface area contributed by atoms with E-state index in [1.165, 1.54) is 6.07 Å². The van der Waals surface area contributed by atoms with Gasteiger partial charge in [0.05, 0.1) is 5.56 Å². The molecule has 0 atom stereocenters. The lowest BCUT2D eigenvalue weighted by molar-refractivity contribution is -0.137. The quantitative estimate of drug-likeness (QED) is 0.705. The first-order chi connectivity index (χ1) is 7.88. The Hall–Kier alpha value is -0.470. The second-order valence-electron chi connectivity index (χ2n) is 3.05. The lowest BCUT2D eigenvalue weighted by Crippen LogP contribution is -2.07. The van der Waals surface area contributed by atoms with Gasteiger partial charge in [0.15, 0.2) is 3.92 Å². The molecular formula is C9H3Br2F3N2S. The fraction of sp³-hybridized carbons (Fsp3) is 0.111. The molecule has 1 aromatic heterocycles. The lowest BCUT2D eigenvalue weighted by atomic mass is 10.1. The zero-order valence-electron chi connectivity index (χ0n) is 7.92. The van der Waals surface area contributed by atoms with Crippen LogP contribution in [0.5, 0.6) is 0 Å². The predicted octanol–water partition coefficient (Wildman–Crippen LogP) is 4.75. The minimum absolute atomic E-state index is 0.0314. The smallest absolute Gasteiger partial charge is 0.166 e. The number of benzene rings is 1. The summed E-state index contributed by atoms with van der Waals surface area (Å²) in [6, 6.07) is 3.95. The summed E-state index contributed by atoms with van der Waals surface area (Å²) in [5.41, 5.74) is -0.695. The fourth-order valence-electron chi connectivity index (χ4n) is 1.25. The molecule has 2 rings (SSSR count). The maximum atomic E-state index is 12.8. The zero-order valence-corrected chi connectivity index (χ0v) is 11.9. The van der Waals surface area contributed by atoms with E-state index in [-0.39, 0.29) is 10.6 Å². The molecule has 0 saturated heterocycles. The fourth-order valence-corrected chi connectivity index (χ4v) is 2.76. The molecule has 8 heteroatoms. The number of hydrogen-bond donors (Lipinski definition) is 0. The highest BCUT2D eigenvalue weighted by Gasteiger charge is 2.34. The van der Waals surface area contributed by atoms with E-state index < -0.39 is 11.7 Å². The van der Waals surface area contributed by atoms with Crippen molar-refractivity contribution in [2.24, 2.45) is 0 Å². The van der Waals surface area contributed by atoms with Gasteiger partial charge in [0, 0.05) is 10.0 Å². The number of hydrogen-bond acceptors (Lipinski definition) is 3. The van der Waals surface area contributed by atoms with Gasteiger partial charge in [0.2, 0.25) is 0 Å². The van der Waals surface area contributed by atoms with E-state index in [1.54, 1.807) is 6.07 Å². The molecule has 17 heavy (non-hydrogen) atoms. The number of halogens is 5. The Morgan fingerprint density at radius 1 is 1.12 bits per heavy atom. The number of aromatic nitrogens is 2. The van der Waals surface area contributed by atoms with Crippen LogP contribution in [0.25, 0.3) is 10.6 Å². The number of alkyl halides is 3. The molecule has 0 aliphatic rings. The zero-order chi connectivity index (χ0) is 12.6. The third-order valence-electron chi connectivity index (χ3n) is 1.92. The lowest BCUT2D eigenvalue weighted by Gasteiger charge is -2.11. The Bertz CT molecular complexity index is 553. The Kier molecular flexibility index (Phi) is 3.55. The highest BCUT2D eigenvalue weighted by molar-refractivity contribution is 9.11. The van der Waals surface area contributed by atoms with E-state index in [2.05, 4.69) is 42.1 Å². The molecular weight excluding hydrogens is 385 g/mol. The van der Waals surface area contributed by atoms with E-state index >= 15 is 0 Å². The summed E-state index contributed by atoms with van der Waals surface area (Å²) in [6.07, 6.45) is -4.42. The second kappa shape index (κ2) is 4.66. The van der Waals surface area contributed by atoms with Crippen molar-refractivity contribution in [3.63, 3.8) is 0 Å². The summed E-state index contributed by atoms with van der Waals surface area (Å²) >= 11 is 7.15. The first-order valence-electron chi connectivity index (χ1n) is 4.24. The van der Waals surface area contributed by atoms with Gasteiger partial charge in [0.1, 0.15) is 5.01 Å². The highest BCUT2D eigenvalue weighted by atomic mass is 79.9. The van der Waals surface area contributed by atoms with Gasteiger partial charge >= 0.3 is 6.18 Å². The van der Waals surface area contributed by atoms with Crippen LogP contribution in [0.4, 0.5) is 13.2 Å². The van der Waals surface area contributed by atoms with Crippen molar-refractivity contribution >= 4 is 43.2 Å². The van der Waals surface area contributed by atoms with Crippen molar-refractivity contribution < 1.29 is 13.2 Å². The molecule has 0 N–H and O–H groups in total. The maximum Gasteiger partial charge on any atom is 0.417 e. The molecule has 0 bridgehead atoms. The average Bonchev–Trinajstić information content (AvgIpc) is 2.63. The van der Waals surface area contributed by atoms with Crippen LogP contribution in [0, 0.1) is 0 Å². The van der Waals surface area contributed by atoms with E-state index in [0.29, 0.717) is 8.39 Å². The Labute approximate surface area is 115 Å². The molecule has 90 valence electrons. The van der Waals surface area contributed by atoms with Crippen LogP contribution < -0.4 is 0 Å². The van der Waals surface area contributed by atoms with Crippen molar-refractivity contribution in [1.29, 1.82) is 0 Å². The summed E-state index contributed by atoms with van der Waals surface area (Å²) in [5, 5.41) is 7.57. The third kappa shape index (κ3) is 2.86. The van der Waals surface area contributed by atoms with Gasteiger partial charge in [-0.3, -0.25) is 0 Å². The van der Waals surface area contributed by atoms with Crippen molar-refractivity contribution in [1.82, 2.24) is 10.2 Å². The molecule has 1 heterocycles. The molecule has 0 fully saturated rings. The molecule has 0 unspecified atom stereocenters. The molecule has 0 aliphatic heterocycles. The van der Waals surface area contributed by atoms with Crippen LogP contribution in [-0.4, -0.2) is 10.2 Å². The molecule has 0 amide bonds. The number of nitrogens with zero attached hydrogens (tertiary/aromatic N) is 2. The van der Waals surface area contributed by atoms with Gasteiger partial charge in [-0.1, -0.05) is 33.3 Å². The molecule has 0 aliphatic carbocycles. The van der Waals surface area contributed by atoms with Gasteiger partial charge in [-0.25, -0.2) is 0 Å². The maximum absolute atomic E-state index is 12.8. The predicted molar refractivity (Wildman–Crippen MR) is 65.7 cm³/mol. The van der Waals surface area contributed by atoms with Crippen LogP contribution in [0.2, 0.25) is 0 Å². The van der Waals surface area contributed by atoms with Crippen molar-refractivity contribution in [2.75, 3.05) is 0 Å². The standard InChI is InChI=1S/C9H3Br2F3N2S/c10-4-1-2-5(6(3-4)9(12,13)14)7-15-16-8(11)17-7/h1-3H. The van der Waals surface area contributed by atoms with Gasteiger partial charge in [-0.2, -0.15) is 13.2 Å². The van der Waals surface area contributed by atoms with Crippen molar-refractivity contribution in [3.05, 3.63) is 32.2 Å². The van der Waals surface area contributed by atoms with E-state index in [4.69, 9.17) is 0 Å². The van der Waals surface area contributed by atoms with Crippen LogP contribution in [0.3, 0.4) is 0 Å². The Balaban J connectivity index is 2.61. The molecule has 1 aromatic carbocycles. The van der Waals surface area contributed by atoms with Crippen LogP contribution >= 0.6 is 43.2 Å². The number of rotatable bonds is 1. The average molecular weight is 388 g/mol. The Morgan fingerprint density at radius 3 is 2.35 bits per heavy atom. The summed E-state index contributed by atoms with van der Waals surface area (Å²) in [7, 11) is 0. The van der Waals surface area contributed by atoms with Crippen LogP contribution in [0.1, 0.15) is 5.56 Å². The first-order valence-corrected chi connectivity index (χ1v) is 6.64. The third-order valence-corrected chi connectivity index (χ3v) is 3.80. The van der Waals surface area contributed by atoms with Crippen molar-refractivity contribution in [2.45, 2.75) is 6.18 Å². The molecule has 2 aromatic rings. The minimum atomic E-state index is -4.42. The molecule has 0 saturated carbocycles. The van der Waals surface area contributed by atoms with Crippen LogP contribution in [-0.2, 0) is 6.18 Å². The van der Waals surface area contributed by atoms with Gasteiger partial charge in [-0.15, -0.1) is 10.2 Å². The minimum Gasteiger partial charge on any atom is -0.166 e. The van der Waals surface area contributed by atoms with E-state index in [9.17, 15) is 13.2 Å². The largest absolute Gasteiger partial charge is 0.417 e. The summed E-state index contributed by atoms with van der Waals surface area (Å²) in [5.74, 6) is 0. The second-order valence-corrected chi connectivity index (χ2v) is 6.22. The summed E-state index contributed by atoms with van der Waals surface area (Å²) in [6.45, 7) is 0. The van der Waals surface area contributed by atoms with Gasteiger partial charge in [0.25, 0.3) is 0 Å². The molecule has 0 spiro atoms. The monoisotopic (exact) mass is 386 g/mol. The highest BCUT2D eigenvalue weighted by Crippen LogP contribution is 2.39. The topological polar surface area (TPSA) is 25.8 Å². The normalized spacial score (nSPS) is 11.8. The summed E-state index contributed by atoms with van der Waals surface area (Å²) < 4.78 is 39.4. The van der Waals surface area contributed by atoms with E-state index in [1.807, 2.05) is 0 Å². The molecule has 0 radical (unpaired) electrons. The molecule has 2 nitrogen and oxygen atoms in total. The first kappa shape index (κ1) is 13.0. The van der Waals surface area contributed by atoms with Crippen molar-refractivity contribution in [3.8, 4) is 10.6 Å². The van der Waals surface area contributed by atoms with Gasteiger partial charge < -0.3 is 0 Å². The van der Waals surface area contributed by atoms with Crippen LogP contribution in [0.15, 0.2) is 26.6 Å².